The molecule has 3 rings (SSSR count). The van der Waals surface area contributed by atoms with Gasteiger partial charge in [0.25, 0.3) is 0 Å². The first kappa shape index (κ1) is 11.4. The predicted octanol–water partition coefficient (Wildman–Crippen LogP) is 3.23. The van der Waals surface area contributed by atoms with Crippen molar-refractivity contribution in [3.8, 4) is 0 Å². The van der Waals surface area contributed by atoms with E-state index in [0.29, 0.717) is 5.92 Å². The van der Waals surface area contributed by atoms with Crippen LogP contribution in [0.15, 0.2) is 48.5 Å². The zero-order valence-corrected chi connectivity index (χ0v) is 10.1. The third-order valence-corrected chi connectivity index (χ3v) is 3.72. The van der Waals surface area contributed by atoms with E-state index in [4.69, 9.17) is 5.73 Å². The number of nitrogens with two attached hydrogens (primary N) is 1. The summed E-state index contributed by atoms with van der Waals surface area (Å²) < 4.78 is 13.0. The third-order valence-electron chi connectivity index (χ3n) is 3.72. The molecule has 0 saturated carbocycles. The van der Waals surface area contributed by atoms with Gasteiger partial charge in [-0.05, 0) is 41.7 Å². The van der Waals surface area contributed by atoms with Crippen LogP contribution in [0.2, 0.25) is 0 Å². The Morgan fingerprint density at radius 2 is 1.72 bits per heavy atom. The summed E-state index contributed by atoms with van der Waals surface area (Å²) in [6.45, 7) is 0. The molecule has 0 amide bonds. The number of hydrogen-bond acceptors (Lipinski definition) is 1. The molecule has 0 heterocycles. The van der Waals surface area contributed by atoms with Gasteiger partial charge in [0, 0.05) is 12.0 Å². The maximum Gasteiger partial charge on any atom is 0.123 e. The average Bonchev–Trinajstić information content (AvgIpc) is 2.38. The highest BCUT2D eigenvalue weighted by atomic mass is 19.1. The van der Waals surface area contributed by atoms with Crippen LogP contribution in [0.1, 0.15) is 29.0 Å². The first-order valence-corrected chi connectivity index (χ1v) is 6.33. The number of rotatable bonds is 1. The van der Waals surface area contributed by atoms with E-state index < -0.39 is 0 Å². The van der Waals surface area contributed by atoms with Gasteiger partial charge in [0.05, 0.1) is 0 Å². The lowest BCUT2D eigenvalue weighted by atomic mass is 9.77. The maximum absolute atomic E-state index is 13.0. The van der Waals surface area contributed by atoms with E-state index in [0.717, 1.165) is 18.4 Å². The van der Waals surface area contributed by atoms with Crippen molar-refractivity contribution in [2.24, 2.45) is 5.73 Å². The van der Waals surface area contributed by atoms with Crippen LogP contribution in [-0.2, 0) is 6.42 Å². The van der Waals surface area contributed by atoms with E-state index >= 15 is 0 Å². The van der Waals surface area contributed by atoms with Crippen molar-refractivity contribution in [2.75, 3.05) is 0 Å². The number of hydrogen-bond donors (Lipinski definition) is 1. The van der Waals surface area contributed by atoms with Gasteiger partial charge in [-0.25, -0.2) is 4.39 Å². The molecule has 0 radical (unpaired) electrons. The zero-order valence-electron chi connectivity index (χ0n) is 10.1. The Hall–Kier alpha value is -1.67. The number of halogens is 1. The van der Waals surface area contributed by atoms with E-state index in [1.165, 1.54) is 23.3 Å². The molecule has 2 atom stereocenters. The fourth-order valence-corrected chi connectivity index (χ4v) is 2.87. The van der Waals surface area contributed by atoms with Gasteiger partial charge < -0.3 is 5.73 Å². The lowest BCUT2D eigenvalue weighted by molar-refractivity contribution is 0.530. The van der Waals surface area contributed by atoms with Crippen molar-refractivity contribution in [1.29, 1.82) is 0 Å². The highest BCUT2D eigenvalue weighted by Gasteiger charge is 2.25. The Morgan fingerprint density at radius 1 is 1.00 bits per heavy atom. The van der Waals surface area contributed by atoms with Crippen LogP contribution >= 0.6 is 0 Å². The summed E-state index contributed by atoms with van der Waals surface area (Å²) in [5.41, 5.74) is 9.95. The van der Waals surface area contributed by atoms with Gasteiger partial charge in [-0.1, -0.05) is 36.4 Å². The molecule has 18 heavy (non-hydrogen) atoms. The zero-order chi connectivity index (χ0) is 12.5. The molecule has 0 saturated heterocycles. The van der Waals surface area contributed by atoms with E-state index in [-0.39, 0.29) is 11.9 Å². The normalized spacial score (nSPS) is 22.6. The average molecular weight is 241 g/mol. The Bertz CT molecular complexity index is 547. The molecule has 0 bridgehead atoms. The van der Waals surface area contributed by atoms with Gasteiger partial charge in [-0.3, -0.25) is 0 Å². The fraction of sp³-hybridized carbons (Fsp3) is 0.250. The Balaban J connectivity index is 2.04. The van der Waals surface area contributed by atoms with Crippen molar-refractivity contribution < 1.29 is 4.39 Å². The lowest BCUT2D eigenvalue weighted by Crippen LogP contribution is -2.30. The van der Waals surface area contributed by atoms with Gasteiger partial charge >= 0.3 is 0 Å². The van der Waals surface area contributed by atoms with Crippen LogP contribution in [0, 0.1) is 5.82 Å². The lowest BCUT2D eigenvalue weighted by Gasteiger charge is -2.30. The van der Waals surface area contributed by atoms with Gasteiger partial charge in [0.2, 0.25) is 0 Å². The summed E-state index contributed by atoms with van der Waals surface area (Å²) in [5, 5.41) is 0. The molecule has 2 N–H and O–H groups in total. The minimum atomic E-state index is -0.188. The largest absolute Gasteiger partial charge is 0.327 e. The predicted molar refractivity (Wildman–Crippen MR) is 71.0 cm³/mol. The molecule has 0 aromatic heterocycles. The fourth-order valence-electron chi connectivity index (χ4n) is 2.87. The molecule has 1 nitrogen and oxygen atoms in total. The third kappa shape index (κ3) is 2.04. The molecular formula is C16H16FN. The van der Waals surface area contributed by atoms with Crippen LogP contribution in [0.25, 0.3) is 0 Å². The molecule has 1 aliphatic carbocycles. The molecule has 0 spiro atoms. The quantitative estimate of drug-likeness (QED) is 0.815. The van der Waals surface area contributed by atoms with E-state index in [1.807, 2.05) is 12.1 Å². The van der Waals surface area contributed by atoms with Crippen LogP contribution in [0.5, 0.6) is 0 Å². The van der Waals surface area contributed by atoms with Gasteiger partial charge in [0.1, 0.15) is 5.82 Å². The minimum absolute atomic E-state index is 0.188. The van der Waals surface area contributed by atoms with Crippen molar-refractivity contribution in [2.45, 2.75) is 24.8 Å². The Labute approximate surface area is 106 Å². The van der Waals surface area contributed by atoms with E-state index in [9.17, 15) is 4.39 Å². The monoisotopic (exact) mass is 241 g/mol. The minimum Gasteiger partial charge on any atom is -0.327 e. The first-order valence-electron chi connectivity index (χ1n) is 6.33. The molecule has 1 aliphatic rings. The standard InChI is InChI=1S/C16H16FN/c17-13-7-5-11(6-8-13)16-10-14(18)9-12-3-1-2-4-15(12)16/h1-8,14,16H,9-10,18H2/t14-,16-/m1/s1. The first-order chi connectivity index (χ1) is 8.74. The molecule has 0 unspecified atom stereocenters. The molecule has 92 valence electrons. The number of benzene rings is 2. The molecule has 2 heteroatoms. The second-order valence-corrected chi connectivity index (χ2v) is 5.00. The van der Waals surface area contributed by atoms with Crippen LogP contribution < -0.4 is 5.73 Å². The molecular weight excluding hydrogens is 225 g/mol. The van der Waals surface area contributed by atoms with Crippen molar-refractivity contribution >= 4 is 0 Å². The Morgan fingerprint density at radius 3 is 2.50 bits per heavy atom. The summed E-state index contributed by atoms with van der Waals surface area (Å²) >= 11 is 0. The second kappa shape index (κ2) is 4.54. The second-order valence-electron chi connectivity index (χ2n) is 5.00. The highest BCUT2D eigenvalue weighted by molar-refractivity contribution is 5.40. The van der Waals surface area contributed by atoms with E-state index in [2.05, 4.69) is 24.3 Å². The highest BCUT2D eigenvalue weighted by Crippen LogP contribution is 2.36. The molecule has 2 aromatic rings. The SMILES string of the molecule is N[C@@H]1Cc2ccccc2[C@@H](c2ccc(F)cc2)C1. The smallest absolute Gasteiger partial charge is 0.123 e. The van der Waals surface area contributed by atoms with Crippen LogP contribution in [0.3, 0.4) is 0 Å². The molecule has 2 aromatic carbocycles. The van der Waals surface area contributed by atoms with Crippen LogP contribution in [-0.4, -0.2) is 6.04 Å². The summed E-state index contributed by atoms with van der Waals surface area (Å²) in [5.74, 6) is 0.109. The summed E-state index contributed by atoms with van der Waals surface area (Å²) in [4.78, 5) is 0. The molecule has 0 aliphatic heterocycles. The van der Waals surface area contributed by atoms with E-state index in [1.54, 1.807) is 0 Å². The summed E-state index contributed by atoms with van der Waals surface area (Å²) in [6, 6.07) is 15.4. The molecule has 0 fully saturated rings. The van der Waals surface area contributed by atoms with Gasteiger partial charge in [-0.2, -0.15) is 0 Å². The van der Waals surface area contributed by atoms with Gasteiger partial charge in [-0.15, -0.1) is 0 Å². The summed E-state index contributed by atoms with van der Waals surface area (Å²) in [6.07, 6.45) is 1.87. The topological polar surface area (TPSA) is 26.0 Å². The van der Waals surface area contributed by atoms with Crippen molar-refractivity contribution in [1.82, 2.24) is 0 Å². The summed E-state index contributed by atoms with van der Waals surface area (Å²) in [7, 11) is 0. The maximum atomic E-state index is 13.0. The Kier molecular flexibility index (Phi) is 2.88. The van der Waals surface area contributed by atoms with Crippen LogP contribution in [0.4, 0.5) is 4.39 Å². The number of fused-ring (bicyclic) bond motifs is 1. The van der Waals surface area contributed by atoms with Crippen molar-refractivity contribution in [3.05, 3.63) is 71.0 Å². The van der Waals surface area contributed by atoms with Crippen molar-refractivity contribution in [3.63, 3.8) is 0 Å². The van der Waals surface area contributed by atoms with Gasteiger partial charge in [0.15, 0.2) is 0 Å².